The molecule has 2 rings (SSSR count). The van der Waals surface area contributed by atoms with Crippen molar-refractivity contribution in [1.82, 2.24) is 0 Å². The van der Waals surface area contributed by atoms with Crippen molar-refractivity contribution in [2.45, 2.75) is 6.61 Å². The van der Waals surface area contributed by atoms with Gasteiger partial charge in [0, 0.05) is 5.56 Å². The summed E-state index contributed by atoms with van der Waals surface area (Å²) in [7, 11) is -1.76. The molecule has 0 unspecified atom stereocenters. The van der Waals surface area contributed by atoms with Gasteiger partial charge in [-0.25, -0.2) is 4.39 Å². The van der Waals surface area contributed by atoms with Gasteiger partial charge in [0.15, 0.2) is 6.29 Å². The van der Waals surface area contributed by atoms with Crippen LogP contribution in [-0.4, -0.2) is 23.5 Å². The molecule has 2 N–H and O–H groups in total. The number of halogens is 2. The van der Waals surface area contributed by atoms with E-state index in [2.05, 4.69) is 0 Å². The van der Waals surface area contributed by atoms with Crippen LogP contribution in [0.4, 0.5) is 4.39 Å². The molecule has 0 fully saturated rings. The summed E-state index contributed by atoms with van der Waals surface area (Å²) in [4.78, 5) is 11.1. The van der Waals surface area contributed by atoms with Gasteiger partial charge < -0.3 is 14.8 Å². The van der Waals surface area contributed by atoms with E-state index in [0.717, 1.165) is 0 Å². The third-order valence-electron chi connectivity index (χ3n) is 2.91. The molecule has 0 saturated heterocycles. The Morgan fingerprint density at radius 1 is 1.24 bits per heavy atom. The van der Waals surface area contributed by atoms with E-state index in [9.17, 15) is 19.2 Å². The molecule has 2 aromatic rings. The summed E-state index contributed by atoms with van der Waals surface area (Å²) in [5.74, 6) is -0.123. The van der Waals surface area contributed by atoms with E-state index in [4.69, 9.17) is 4.74 Å². The first kappa shape index (κ1) is 15.9. The average Bonchev–Trinajstić information content (AvgIpc) is 2.48. The highest BCUT2D eigenvalue weighted by molar-refractivity contribution is 14.1. The summed E-state index contributed by atoms with van der Waals surface area (Å²) in [6, 6.07) is 9.16. The maximum atomic E-state index is 13.4. The van der Waals surface area contributed by atoms with E-state index in [-0.39, 0.29) is 29.2 Å². The van der Waals surface area contributed by atoms with Gasteiger partial charge in [0.1, 0.15) is 18.2 Å². The molecule has 0 aliphatic rings. The lowest BCUT2D eigenvalue weighted by Crippen LogP contribution is -2.33. The van der Waals surface area contributed by atoms with Gasteiger partial charge >= 0.3 is 7.12 Å². The Morgan fingerprint density at radius 2 is 1.95 bits per heavy atom. The van der Waals surface area contributed by atoms with Crippen molar-refractivity contribution in [3.63, 3.8) is 0 Å². The molecule has 0 saturated carbocycles. The summed E-state index contributed by atoms with van der Waals surface area (Å²) < 4.78 is 19.4. The number of benzene rings is 2. The molecular formula is C14H11BFIO4. The first-order valence-corrected chi connectivity index (χ1v) is 7.12. The second-order valence-electron chi connectivity index (χ2n) is 4.25. The zero-order valence-electron chi connectivity index (χ0n) is 10.8. The fourth-order valence-corrected chi connectivity index (χ4v) is 2.37. The quantitative estimate of drug-likeness (QED) is 0.454. The lowest BCUT2D eigenvalue weighted by molar-refractivity contribution is 0.111. The molecule has 0 aliphatic heterocycles. The van der Waals surface area contributed by atoms with Crippen LogP contribution in [0.2, 0.25) is 0 Å². The van der Waals surface area contributed by atoms with Crippen LogP contribution in [-0.2, 0) is 6.61 Å². The third-order valence-corrected chi connectivity index (χ3v) is 4.12. The average molecular weight is 400 g/mol. The number of hydrogen-bond acceptors (Lipinski definition) is 4. The minimum atomic E-state index is -1.76. The predicted molar refractivity (Wildman–Crippen MR) is 85.1 cm³/mol. The van der Waals surface area contributed by atoms with Crippen molar-refractivity contribution >= 4 is 41.5 Å². The monoisotopic (exact) mass is 400 g/mol. The van der Waals surface area contributed by atoms with Crippen LogP contribution in [0, 0.1) is 9.39 Å². The van der Waals surface area contributed by atoms with Crippen molar-refractivity contribution in [1.29, 1.82) is 0 Å². The highest BCUT2D eigenvalue weighted by atomic mass is 127. The Bertz CT molecular complexity index is 663. The smallest absolute Gasteiger partial charge is 0.488 e. The zero-order valence-corrected chi connectivity index (χ0v) is 13.0. The molecule has 0 spiro atoms. The Kier molecular flexibility index (Phi) is 5.32. The Balaban J connectivity index is 2.26. The largest absolute Gasteiger partial charge is 0.489 e. The summed E-state index contributed by atoms with van der Waals surface area (Å²) in [6.07, 6.45) is 0.501. The van der Waals surface area contributed by atoms with Crippen LogP contribution in [0.15, 0.2) is 36.4 Å². The molecule has 0 aromatic heterocycles. The molecule has 0 bridgehead atoms. The highest BCUT2D eigenvalue weighted by Crippen LogP contribution is 2.20. The minimum Gasteiger partial charge on any atom is -0.488 e. The minimum absolute atomic E-state index is 0.0661. The van der Waals surface area contributed by atoms with Crippen LogP contribution >= 0.6 is 22.6 Å². The Hall–Kier alpha value is -1.45. The normalized spacial score (nSPS) is 10.3. The maximum Gasteiger partial charge on any atom is 0.489 e. The SMILES string of the molecule is O=Cc1c(OCc2cccc(F)c2I)cccc1B(O)O. The van der Waals surface area contributed by atoms with E-state index in [1.54, 1.807) is 24.3 Å². The lowest BCUT2D eigenvalue weighted by Gasteiger charge is -2.12. The van der Waals surface area contributed by atoms with Gasteiger partial charge in [-0.2, -0.15) is 0 Å². The molecular weight excluding hydrogens is 389 g/mol. The van der Waals surface area contributed by atoms with E-state index < -0.39 is 7.12 Å². The van der Waals surface area contributed by atoms with Crippen LogP contribution in [0.5, 0.6) is 5.75 Å². The maximum absolute atomic E-state index is 13.4. The van der Waals surface area contributed by atoms with E-state index >= 15 is 0 Å². The fourth-order valence-electron chi connectivity index (χ4n) is 1.85. The summed E-state index contributed by atoms with van der Waals surface area (Å²) in [5.41, 5.74) is 0.776. The Morgan fingerprint density at radius 3 is 2.62 bits per heavy atom. The number of aldehydes is 1. The molecule has 2 aromatic carbocycles. The van der Waals surface area contributed by atoms with Gasteiger partial charge in [-0.1, -0.05) is 24.3 Å². The van der Waals surface area contributed by atoms with Gasteiger partial charge in [0.05, 0.1) is 9.13 Å². The first-order valence-electron chi connectivity index (χ1n) is 6.04. The summed E-state index contributed by atoms with van der Waals surface area (Å²) >= 11 is 1.88. The molecule has 0 radical (unpaired) electrons. The van der Waals surface area contributed by atoms with Crippen LogP contribution in [0.25, 0.3) is 0 Å². The number of carbonyl (C=O) groups is 1. The fraction of sp³-hybridized carbons (Fsp3) is 0.0714. The first-order chi connectivity index (χ1) is 10.0. The van der Waals surface area contributed by atoms with E-state index in [0.29, 0.717) is 15.4 Å². The predicted octanol–water partition coefficient (Wildman–Crippen LogP) is 1.50. The molecule has 0 amide bonds. The molecule has 21 heavy (non-hydrogen) atoms. The number of ether oxygens (including phenoxy) is 1. The van der Waals surface area contributed by atoms with Crippen LogP contribution in [0.3, 0.4) is 0 Å². The Labute approximate surface area is 134 Å². The second-order valence-corrected chi connectivity index (χ2v) is 5.33. The van der Waals surface area contributed by atoms with E-state index in [1.807, 2.05) is 22.6 Å². The standard InChI is InChI=1S/C14H11BFIO4/c16-12-5-1-3-9(14(12)17)8-21-13-6-2-4-11(15(19)20)10(13)7-18/h1-7,19-20H,8H2. The topological polar surface area (TPSA) is 66.8 Å². The van der Waals surface area contributed by atoms with Gasteiger partial charge in [0.25, 0.3) is 0 Å². The van der Waals surface area contributed by atoms with Gasteiger partial charge in [-0.05, 0) is 40.2 Å². The van der Waals surface area contributed by atoms with Crippen molar-refractivity contribution in [3.05, 3.63) is 56.9 Å². The van der Waals surface area contributed by atoms with Gasteiger partial charge in [-0.3, -0.25) is 4.79 Å². The van der Waals surface area contributed by atoms with Crippen molar-refractivity contribution in [2.24, 2.45) is 0 Å². The van der Waals surface area contributed by atoms with Gasteiger partial charge in [0.2, 0.25) is 0 Å². The van der Waals surface area contributed by atoms with Crippen molar-refractivity contribution in [3.8, 4) is 5.75 Å². The second kappa shape index (κ2) is 7.01. The molecule has 0 aliphatic carbocycles. The summed E-state index contributed by atoms with van der Waals surface area (Å²) in [6.45, 7) is 0.0713. The van der Waals surface area contributed by atoms with E-state index in [1.165, 1.54) is 12.1 Å². The number of carbonyl (C=O) groups excluding carboxylic acids is 1. The zero-order chi connectivity index (χ0) is 15.4. The third kappa shape index (κ3) is 3.61. The lowest BCUT2D eigenvalue weighted by atomic mass is 9.77. The summed E-state index contributed by atoms with van der Waals surface area (Å²) in [5, 5.41) is 18.4. The van der Waals surface area contributed by atoms with Crippen molar-refractivity contribution in [2.75, 3.05) is 0 Å². The van der Waals surface area contributed by atoms with Crippen LogP contribution < -0.4 is 10.2 Å². The molecule has 0 heterocycles. The number of rotatable bonds is 5. The van der Waals surface area contributed by atoms with Crippen LogP contribution in [0.1, 0.15) is 15.9 Å². The number of hydrogen-bond donors (Lipinski definition) is 2. The molecule has 0 atom stereocenters. The van der Waals surface area contributed by atoms with Gasteiger partial charge in [-0.15, -0.1) is 0 Å². The molecule has 108 valence electrons. The van der Waals surface area contributed by atoms with Crippen molar-refractivity contribution < 1.29 is 24.0 Å². The molecule has 4 nitrogen and oxygen atoms in total. The highest BCUT2D eigenvalue weighted by Gasteiger charge is 2.19. The molecule has 7 heteroatoms.